The Kier molecular flexibility index (Phi) is 4.53. The first-order valence-electron chi connectivity index (χ1n) is 7.89. The van der Waals surface area contributed by atoms with E-state index in [9.17, 15) is 4.79 Å². The molecule has 0 aliphatic heterocycles. The van der Waals surface area contributed by atoms with Crippen molar-refractivity contribution in [2.24, 2.45) is 0 Å². The van der Waals surface area contributed by atoms with Crippen LogP contribution in [-0.2, 0) is 12.0 Å². The standard InChI is InChI=1S/C19H21N3OS/c1-19(2,3)16-11-17(20-18(23)15-9-10-24-13-15)22(21-16)12-14-7-5-4-6-8-14/h4-11,13H,12H2,1-3H3,(H,20,23). The van der Waals surface area contributed by atoms with Crippen LogP contribution in [0.3, 0.4) is 0 Å². The molecule has 3 rings (SSSR count). The number of nitrogens with zero attached hydrogens (tertiary/aromatic N) is 2. The van der Waals surface area contributed by atoms with Gasteiger partial charge in [0.05, 0.1) is 17.8 Å². The maximum absolute atomic E-state index is 12.4. The Balaban J connectivity index is 1.91. The lowest BCUT2D eigenvalue weighted by Gasteiger charge is -2.14. The summed E-state index contributed by atoms with van der Waals surface area (Å²) in [5.41, 5.74) is 2.69. The molecule has 0 fully saturated rings. The van der Waals surface area contributed by atoms with E-state index in [1.807, 2.05) is 45.8 Å². The zero-order valence-electron chi connectivity index (χ0n) is 14.1. The van der Waals surface area contributed by atoms with Crippen LogP contribution < -0.4 is 5.32 Å². The van der Waals surface area contributed by atoms with Gasteiger partial charge in [-0.15, -0.1) is 0 Å². The van der Waals surface area contributed by atoms with E-state index in [1.165, 1.54) is 11.3 Å². The molecule has 3 aromatic rings. The van der Waals surface area contributed by atoms with E-state index < -0.39 is 0 Å². The Bertz CT molecular complexity index is 814. The predicted octanol–water partition coefficient (Wildman–Crippen LogP) is 4.54. The number of amides is 1. The zero-order chi connectivity index (χ0) is 17.2. The van der Waals surface area contributed by atoms with Crippen LogP contribution in [0.4, 0.5) is 5.82 Å². The van der Waals surface area contributed by atoms with Gasteiger partial charge in [-0.1, -0.05) is 51.1 Å². The first-order chi connectivity index (χ1) is 11.4. The number of carbonyl (C=O) groups is 1. The van der Waals surface area contributed by atoms with Crippen molar-refractivity contribution < 1.29 is 4.79 Å². The smallest absolute Gasteiger partial charge is 0.257 e. The number of nitrogens with one attached hydrogen (secondary N) is 1. The largest absolute Gasteiger partial charge is 0.307 e. The molecule has 5 heteroatoms. The van der Waals surface area contributed by atoms with Gasteiger partial charge in [0.2, 0.25) is 0 Å². The van der Waals surface area contributed by atoms with Crippen LogP contribution in [0.25, 0.3) is 0 Å². The lowest BCUT2D eigenvalue weighted by Crippen LogP contribution is -2.16. The number of carbonyl (C=O) groups excluding carboxylic acids is 1. The van der Waals surface area contributed by atoms with Crippen molar-refractivity contribution in [3.05, 3.63) is 70.0 Å². The molecule has 0 saturated carbocycles. The van der Waals surface area contributed by atoms with Crippen LogP contribution in [0.15, 0.2) is 53.2 Å². The maximum Gasteiger partial charge on any atom is 0.257 e. The Morgan fingerprint density at radius 2 is 1.96 bits per heavy atom. The van der Waals surface area contributed by atoms with Crippen molar-refractivity contribution in [3.8, 4) is 0 Å². The monoisotopic (exact) mass is 339 g/mol. The fourth-order valence-electron chi connectivity index (χ4n) is 2.34. The highest BCUT2D eigenvalue weighted by molar-refractivity contribution is 7.08. The molecule has 0 unspecified atom stereocenters. The molecule has 2 aromatic heterocycles. The molecule has 24 heavy (non-hydrogen) atoms. The van der Waals surface area contributed by atoms with Gasteiger partial charge in [0.25, 0.3) is 5.91 Å². The fraction of sp³-hybridized carbons (Fsp3) is 0.263. The summed E-state index contributed by atoms with van der Waals surface area (Å²) in [4.78, 5) is 12.4. The number of benzene rings is 1. The lowest BCUT2D eigenvalue weighted by atomic mass is 9.92. The number of rotatable bonds is 4. The third-order valence-electron chi connectivity index (χ3n) is 3.75. The number of hydrogen-bond acceptors (Lipinski definition) is 3. The summed E-state index contributed by atoms with van der Waals surface area (Å²) in [6.07, 6.45) is 0. The average molecular weight is 339 g/mol. The van der Waals surface area contributed by atoms with E-state index in [0.29, 0.717) is 12.1 Å². The van der Waals surface area contributed by atoms with E-state index in [1.54, 1.807) is 0 Å². The van der Waals surface area contributed by atoms with E-state index in [4.69, 9.17) is 5.10 Å². The topological polar surface area (TPSA) is 46.9 Å². The highest BCUT2D eigenvalue weighted by Crippen LogP contribution is 2.25. The summed E-state index contributed by atoms with van der Waals surface area (Å²) in [5.74, 6) is 0.617. The molecule has 0 radical (unpaired) electrons. The van der Waals surface area contributed by atoms with Crippen LogP contribution in [0, 0.1) is 0 Å². The second-order valence-corrected chi connectivity index (χ2v) is 7.55. The normalized spacial score (nSPS) is 11.5. The Hall–Kier alpha value is -2.40. The van der Waals surface area contributed by atoms with Crippen molar-refractivity contribution in [2.45, 2.75) is 32.7 Å². The second kappa shape index (κ2) is 6.61. The van der Waals surface area contributed by atoms with E-state index >= 15 is 0 Å². The molecule has 1 amide bonds. The van der Waals surface area contributed by atoms with Crippen molar-refractivity contribution in [1.82, 2.24) is 9.78 Å². The van der Waals surface area contributed by atoms with Gasteiger partial charge in [0, 0.05) is 16.9 Å². The van der Waals surface area contributed by atoms with Gasteiger partial charge in [0.15, 0.2) is 0 Å². The van der Waals surface area contributed by atoms with Crippen molar-refractivity contribution in [3.63, 3.8) is 0 Å². The molecule has 2 heterocycles. The second-order valence-electron chi connectivity index (χ2n) is 6.77. The summed E-state index contributed by atoms with van der Waals surface area (Å²) in [6, 6.07) is 13.9. The molecule has 1 N–H and O–H groups in total. The van der Waals surface area contributed by atoms with Gasteiger partial charge in [-0.3, -0.25) is 4.79 Å². The summed E-state index contributed by atoms with van der Waals surface area (Å²) in [5, 5.41) is 11.5. The third-order valence-corrected chi connectivity index (χ3v) is 4.43. The van der Waals surface area contributed by atoms with Gasteiger partial charge in [-0.2, -0.15) is 16.4 Å². The summed E-state index contributed by atoms with van der Waals surface area (Å²) < 4.78 is 1.86. The molecule has 0 aliphatic rings. The van der Waals surface area contributed by atoms with Gasteiger partial charge in [-0.25, -0.2) is 4.68 Å². The number of aromatic nitrogens is 2. The van der Waals surface area contributed by atoms with Gasteiger partial charge >= 0.3 is 0 Å². The lowest BCUT2D eigenvalue weighted by molar-refractivity contribution is 0.102. The first-order valence-corrected chi connectivity index (χ1v) is 8.83. The Morgan fingerprint density at radius 3 is 2.58 bits per heavy atom. The van der Waals surface area contributed by atoms with Crippen LogP contribution in [0.5, 0.6) is 0 Å². The predicted molar refractivity (Wildman–Crippen MR) is 98.7 cm³/mol. The number of anilines is 1. The molecule has 4 nitrogen and oxygen atoms in total. The summed E-state index contributed by atoms with van der Waals surface area (Å²) >= 11 is 1.51. The van der Waals surface area contributed by atoms with Crippen LogP contribution >= 0.6 is 11.3 Å². The first kappa shape index (κ1) is 16.5. The minimum absolute atomic E-state index is 0.0796. The van der Waals surface area contributed by atoms with Gasteiger partial charge < -0.3 is 5.32 Å². The molecule has 0 bridgehead atoms. The van der Waals surface area contributed by atoms with Crippen LogP contribution in [-0.4, -0.2) is 15.7 Å². The van der Waals surface area contributed by atoms with Crippen molar-refractivity contribution >= 4 is 23.1 Å². The Labute approximate surface area is 146 Å². The number of thiophene rings is 1. The highest BCUT2D eigenvalue weighted by atomic mass is 32.1. The van der Waals surface area contributed by atoms with Gasteiger partial charge in [0.1, 0.15) is 5.82 Å². The average Bonchev–Trinajstić information content (AvgIpc) is 3.18. The highest BCUT2D eigenvalue weighted by Gasteiger charge is 2.21. The van der Waals surface area contributed by atoms with Crippen molar-refractivity contribution in [2.75, 3.05) is 5.32 Å². The molecule has 0 spiro atoms. The fourth-order valence-corrected chi connectivity index (χ4v) is 2.98. The minimum Gasteiger partial charge on any atom is -0.307 e. The molecule has 0 aliphatic carbocycles. The molecular weight excluding hydrogens is 318 g/mol. The number of hydrogen-bond donors (Lipinski definition) is 1. The quantitative estimate of drug-likeness (QED) is 0.758. The minimum atomic E-state index is -0.106. The van der Waals surface area contributed by atoms with Crippen LogP contribution in [0.1, 0.15) is 42.4 Å². The van der Waals surface area contributed by atoms with E-state index in [-0.39, 0.29) is 11.3 Å². The molecule has 0 saturated heterocycles. The van der Waals surface area contributed by atoms with Crippen LogP contribution in [0.2, 0.25) is 0 Å². The summed E-state index contributed by atoms with van der Waals surface area (Å²) in [7, 11) is 0. The van der Waals surface area contributed by atoms with Crippen molar-refractivity contribution in [1.29, 1.82) is 0 Å². The summed E-state index contributed by atoms with van der Waals surface area (Å²) in [6.45, 7) is 6.97. The van der Waals surface area contributed by atoms with Gasteiger partial charge in [-0.05, 0) is 17.0 Å². The van der Waals surface area contributed by atoms with E-state index in [2.05, 4.69) is 38.2 Å². The zero-order valence-corrected chi connectivity index (χ0v) is 14.9. The molecule has 124 valence electrons. The molecule has 1 aromatic carbocycles. The SMILES string of the molecule is CC(C)(C)c1cc(NC(=O)c2ccsc2)n(Cc2ccccc2)n1. The van der Waals surface area contributed by atoms with E-state index in [0.717, 1.165) is 17.1 Å². The Morgan fingerprint density at radius 1 is 1.21 bits per heavy atom. The third kappa shape index (κ3) is 3.74. The molecule has 0 atom stereocenters. The molecular formula is C19H21N3OS. The maximum atomic E-state index is 12.4.